The van der Waals surface area contributed by atoms with Gasteiger partial charge in [0.05, 0.1) is 31.3 Å². The lowest BCUT2D eigenvalue weighted by atomic mass is 9.76. The number of carbonyl (C=O) groups excluding carboxylic acids is 1. The van der Waals surface area contributed by atoms with Gasteiger partial charge in [-0.05, 0) is 79.3 Å². The van der Waals surface area contributed by atoms with Crippen LogP contribution >= 0.6 is 0 Å². The topological polar surface area (TPSA) is 106 Å². The van der Waals surface area contributed by atoms with Crippen LogP contribution in [-0.2, 0) is 4.79 Å². The number of amides is 1. The number of carboxylic acids is 1. The van der Waals surface area contributed by atoms with E-state index >= 15 is 0 Å². The van der Waals surface area contributed by atoms with Crippen molar-refractivity contribution in [2.45, 2.75) is 57.3 Å². The van der Waals surface area contributed by atoms with Crippen LogP contribution in [0.5, 0.6) is 0 Å². The smallest absolute Gasteiger partial charge is 0.315 e. The minimum atomic E-state index is -0.935. The number of aryl methyl sites for hydroxylation is 1. The summed E-state index contributed by atoms with van der Waals surface area (Å²) in [5.74, 6) is 1.05. The van der Waals surface area contributed by atoms with Gasteiger partial charge in [-0.3, -0.25) is 9.59 Å². The third-order valence-electron chi connectivity index (χ3n) is 8.45. The zero-order chi connectivity index (χ0) is 27.0. The number of carboxylic acid groups (broad SMARTS) is 1. The summed E-state index contributed by atoms with van der Waals surface area (Å²) in [6.45, 7) is 3.36. The van der Waals surface area contributed by atoms with Crippen LogP contribution in [0, 0.1) is 18.3 Å². The number of carbonyl (C=O) groups is 2. The second-order valence-electron chi connectivity index (χ2n) is 11.1. The number of rotatable bonds is 6. The number of nitrogens with zero attached hydrogens (tertiary/aromatic N) is 5. The molecule has 8 heteroatoms. The quantitative estimate of drug-likeness (QED) is 0.562. The van der Waals surface area contributed by atoms with Crippen molar-refractivity contribution in [3.63, 3.8) is 0 Å². The maximum atomic E-state index is 13.8. The lowest BCUT2D eigenvalue weighted by Crippen LogP contribution is -2.49. The SMILES string of the molecule is Cc1cc(C2CCC2)c(C2=NN=C(CC(=O)O)[N+]2(C)C)cc1C(=O)N1CCC(c2ccc(C#N)cc2)CC1. The molecule has 0 bridgehead atoms. The average molecular weight is 513 g/mol. The summed E-state index contributed by atoms with van der Waals surface area (Å²) in [6, 6.07) is 14.1. The molecule has 1 aliphatic carbocycles. The molecular weight excluding hydrogens is 478 g/mol. The third-order valence-corrected chi connectivity index (χ3v) is 8.45. The highest BCUT2D eigenvalue weighted by molar-refractivity contribution is 6.09. The zero-order valence-electron chi connectivity index (χ0n) is 22.3. The second-order valence-corrected chi connectivity index (χ2v) is 11.1. The van der Waals surface area contributed by atoms with E-state index in [1.807, 2.05) is 56.3 Å². The number of nitriles is 1. The van der Waals surface area contributed by atoms with Crippen LogP contribution in [-0.4, -0.2) is 65.2 Å². The predicted octanol–water partition coefficient (Wildman–Crippen LogP) is 4.78. The van der Waals surface area contributed by atoms with Crippen LogP contribution in [0.1, 0.15) is 88.5 Å². The first kappa shape index (κ1) is 25.8. The largest absolute Gasteiger partial charge is 0.481 e. The number of amidine groups is 2. The number of benzene rings is 2. The number of piperidine rings is 1. The van der Waals surface area contributed by atoms with Gasteiger partial charge in [0.15, 0.2) is 0 Å². The Hall–Kier alpha value is -3.83. The minimum absolute atomic E-state index is 0.0257. The van der Waals surface area contributed by atoms with E-state index in [0.29, 0.717) is 47.7 Å². The summed E-state index contributed by atoms with van der Waals surface area (Å²) >= 11 is 0. The highest BCUT2D eigenvalue weighted by Crippen LogP contribution is 2.41. The summed E-state index contributed by atoms with van der Waals surface area (Å²) in [7, 11) is 3.82. The van der Waals surface area contributed by atoms with Crippen LogP contribution in [0.3, 0.4) is 0 Å². The molecule has 0 aromatic heterocycles. The van der Waals surface area contributed by atoms with Crippen molar-refractivity contribution in [1.29, 1.82) is 5.26 Å². The molecule has 0 spiro atoms. The van der Waals surface area contributed by atoms with E-state index in [4.69, 9.17) is 5.26 Å². The Morgan fingerprint density at radius 3 is 2.32 bits per heavy atom. The molecule has 2 aromatic rings. The molecule has 5 rings (SSSR count). The Bertz CT molecular complexity index is 1370. The van der Waals surface area contributed by atoms with E-state index in [9.17, 15) is 14.7 Å². The van der Waals surface area contributed by atoms with E-state index < -0.39 is 5.97 Å². The monoisotopic (exact) mass is 512 g/mol. The molecule has 38 heavy (non-hydrogen) atoms. The number of quaternary nitrogens is 1. The first-order valence-corrected chi connectivity index (χ1v) is 13.3. The van der Waals surface area contributed by atoms with Gasteiger partial charge in [-0.15, -0.1) is 0 Å². The summed E-state index contributed by atoms with van der Waals surface area (Å²) in [6.07, 6.45) is 4.98. The maximum absolute atomic E-state index is 13.8. The summed E-state index contributed by atoms with van der Waals surface area (Å²) in [5.41, 5.74) is 5.61. The molecule has 2 heterocycles. The van der Waals surface area contributed by atoms with Gasteiger partial charge in [0.25, 0.3) is 11.7 Å². The van der Waals surface area contributed by atoms with Crippen LogP contribution in [0.25, 0.3) is 0 Å². The third kappa shape index (κ3) is 4.74. The van der Waals surface area contributed by atoms with Crippen molar-refractivity contribution in [2.24, 2.45) is 10.2 Å². The average Bonchev–Trinajstić information content (AvgIpc) is 3.16. The van der Waals surface area contributed by atoms with Crippen molar-refractivity contribution in [3.05, 3.63) is 69.8 Å². The fraction of sp³-hybridized carbons (Fsp3) is 0.433. The maximum Gasteiger partial charge on any atom is 0.315 e. The Labute approximate surface area is 223 Å². The molecule has 8 nitrogen and oxygen atoms in total. The Morgan fingerprint density at radius 1 is 1.05 bits per heavy atom. The summed E-state index contributed by atoms with van der Waals surface area (Å²) in [4.78, 5) is 27.1. The first-order chi connectivity index (χ1) is 18.2. The van der Waals surface area contributed by atoms with Gasteiger partial charge in [-0.1, -0.05) is 34.8 Å². The van der Waals surface area contributed by atoms with Crippen molar-refractivity contribution < 1.29 is 19.2 Å². The van der Waals surface area contributed by atoms with E-state index in [-0.39, 0.29) is 16.8 Å². The van der Waals surface area contributed by atoms with Gasteiger partial charge in [-0.2, -0.15) is 5.26 Å². The molecule has 2 fully saturated rings. The normalized spacial score (nSPS) is 19.4. The number of likely N-dealkylation sites (tertiary alicyclic amines) is 1. The molecule has 1 saturated heterocycles. The van der Waals surface area contributed by atoms with E-state index in [2.05, 4.69) is 22.3 Å². The molecule has 2 aromatic carbocycles. The molecule has 0 unspecified atom stereocenters. The second kappa shape index (κ2) is 10.1. The first-order valence-electron chi connectivity index (χ1n) is 13.3. The van der Waals surface area contributed by atoms with Crippen molar-refractivity contribution in [3.8, 4) is 6.07 Å². The lowest BCUT2D eigenvalue weighted by molar-refractivity contribution is -0.697. The molecule has 0 radical (unpaired) electrons. The van der Waals surface area contributed by atoms with Crippen LogP contribution in [0.15, 0.2) is 46.6 Å². The molecule has 1 amide bonds. The van der Waals surface area contributed by atoms with E-state index in [0.717, 1.165) is 36.8 Å². The molecule has 3 aliphatic rings. The molecule has 0 atom stereocenters. The van der Waals surface area contributed by atoms with Gasteiger partial charge in [0.1, 0.15) is 6.42 Å². The van der Waals surface area contributed by atoms with Gasteiger partial charge >= 0.3 is 5.97 Å². The molecular formula is C30H34N5O3+. The minimum Gasteiger partial charge on any atom is -0.481 e. The molecule has 1 saturated carbocycles. The van der Waals surface area contributed by atoms with Crippen molar-refractivity contribution in [2.75, 3.05) is 27.2 Å². The Balaban J connectivity index is 1.39. The fourth-order valence-corrected chi connectivity index (χ4v) is 5.80. The number of hydrogen-bond donors (Lipinski definition) is 1. The summed E-state index contributed by atoms with van der Waals surface area (Å²) < 4.78 is 0.165. The number of aliphatic carboxylic acids is 1. The van der Waals surface area contributed by atoms with Crippen LogP contribution in [0.2, 0.25) is 0 Å². The van der Waals surface area contributed by atoms with Gasteiger partial charge < -0.3 is 10.0 Å². The van der Waals surface area contributed by atoms with Gasteiger partial charge in [-0.25, -0.2) is 4.48 Å². The number of hydrogen-bond acceptors (Lipinski definition) is 5. The lowest BCUT2D eigenvalue weighted by Gasteiger charge is -2.34. The standard InChI is InChI=1S/C30H33N5O3/c1-19-15-25(23-5-4-6-23)26(29-33-32-27(17-28(36)37)35(29,2)3)16-24(19)30(38)34-13-11-22(12-14-34)21-9-7-20(18-31)8-10-21/h7-10,15-16,22-23H,4-6,11-14,17H2,1-3H3/p+1. The van der Waals surface area contributed by atoms with E-state index in [1.54, 1.807) is 0 Å². The summed E-state index contributed by atoms with van der Waals surface area (Å²) in [5, 5.41) is 27.1. The van der Waals surface area contributed by atoms with Crippen molar-refractivity contribution in [1.82, 2.24) is 4.90 Å². The Morgan fingerprint density at radius 2 is 1.74 bits per heavy atom. The zero-order valence-corrected chi connectivity index (χ0v) is 22.3. The molecule has 1 N–H and O–H groups in total. The Kier molecular flexibility index (Phi) is 6.89. The molecule has 196 valence electrons. The highest BCUT2D eigenvalue weighted by Gasteiger charge is 2.41. The van der Waals surface area contributed by atoms with E-state index in [1.165, 1.54) is 17.5 Å². The van der Waals surface area contributed by atoms with Crippen molar-refractivity contribution >= 4 is 23.5 Å². The highest BCUT2D eigenvalue weighted by atomic mass is 16.4. The molecule has 2 aliphatic heterocycles. The van der Waals surface area contributed by atoms with Gasteiger partial charge in [0, 0.05) is 18.7 Å². The van der Waals surface area contributed by atoms with Crippen LogP contribution < -0.4 is 0 Å². The van der Waals surface area contributed by atoms with Crippen LogP contribution in [0.4, 0.5) is 0 Å². The van der Waals surface area contributed by atoms with Gasteiger partial charge in [0.2, 0.25) is 5.84 Å². The fourth-order valence-electron chi connectivity index (χ4n) is 5.80. The predicted molar refractivity (Wildman–Crippen MR) is 145 cm³/mol.